The predicted molar refractivity (Wildman–Crippen MR) is 74.1 cm³/mol. The molecule has 2 atom stereocenters. The molecule has 2 unspecified atom stereocenters. The molecule has 1 saturated heterocycles. The number of nitro benzene ring substituents is 1. The van der Waals surface area contributed by atoms with Crippen molar-refractivity contribution in [3.8, 4) is 0 Å². The lowest BCUT2D eigenvalue weighted by Gasteiger charge is -2.30. The van der Waals surface area contributed by atoms with Gasteiger partial charge in [-0.2, -0.15) is 0 Å². The molecule has 1 aliphatic heterocycles. The van der Waals surface area contributed by atoms with Gasteiger partial charge in [-0.05, 0) is 31.2 Å². The monoisotopic (exact) mass is 276 g/mol. The summed E-state index contributed by atoms with van der Waals surface area (Å²) in [4.78, 5) is 12.6. The fourth-order valence-corrected chi connectivity index (χ4v) is 3.37. The van der Waals surface area contributed by atoms with Gasteiger partial charge in [-0.15, -0.1) is 0 Å². The second kappa shape index (κ2) is 4.66. The maximum Gasteiger partial charge on any atom is 0.270 e. The van der Waals surface area contributed by atoms with Crippen LogP contribution in [0.5, 0.6) is 0 Å². The number of oxime groups is 1. The maximum atomic E-state index is 10.9. The Morgan fingerprint density at radius 1 is 1.50 bits per heavy atom. The minimum absolute atomic E-state index is 0.0558. The van der Waals surface area contributed by atoms with Crippen molar-refractivity contribution in [1.82, 2.24) is 0 Å². The van der Waals surface area contributed by atoms with Crippen LogP contribution in [0.4, 0.5) is 11.4 Å². The number of nitro groups is 1. The molecule has 1 aromatic rings. The molecule has 2 bridgehead atoms. The SMILES string of the molecule is NC(=NO)c1cc([N+](=O)[O-])ccc1N1CC2CCC1C2. The van der Waals surface area contributed by atoms with Gasteiger partial charge in [-0.3, -0.25) is 10.1 Å². The van der Waals surface area contributed by atoms with Gasteiger partial charge in [-0.25, -0.2) is 0 Å². The zero-order chi connectivity index (χ0) is 14.3. The van der Waals surface area contributed by atoms with Gasteiger partial charge in [0.15, 0.2) is 5.84 Å². The number of amidine groups is 1. The van der Waals surface area contributed by atoms with Crippen LogP contribution in [0.2, 0.25) is 0 Å². The Kier molecular flexibility index (Phi) is 2.96. The lowest BCUT2D eigenvalue weighted by Crippen LogP contribution is -2.33. The van der Waals surface area contributed by atoms with Crippen LogP contribution in [0.3, 0.4) is 0 Å². The van der Waals surface area contributed by atoms with Crippen LogP contribution in [-0.2, 0) is 0 Å². The summed E-state index contributed by atoms with van der Waals surface area (Å²) in [5.41, 5.74) is 6.87. The van der Waals surface area contributed by atoms with Crippen molar-refractivity contribution in [3.63, 3.8) is 0 Å². The first kappa shape index (κ1) is 12.7. The Morgan fingerprint density at radius 3 is 2.85 bits per heavy atom. The standard InChI is InChI=1S/C13H16N4O3/c14-13(15-18)11-6-10(17(19)20)3-4-12(11)16-7-8-1-2-9(16)5-8/h3-4,6,8-9,18H,1-2,5,7H2,(H2,14,15). The molecule has 106 valence electrons. The zero-order valence-corrected chi connectivity index (χ0v) is 10.9. The second-order valence-corrected chi connectivity index (χ2v) is 5.43. The van der Waals surface area contributed by atoms with Gasteiger partial charge in [0.1, 0.15) is 0 Å². The lowest BCUT2D eigenvalue weighted by atomic mass is 10.1. The molecule has 3 rings (SSSR count). The average Bonchev–Trinajstić information content (AvgIpc) is 3.08. The third-order valence-corrected chi connectivity index (χ3v) is 4.29. The number of nitrogens with two attached hydrogens (primary N) is 1. The van der Waals surface area contributed by atoms with Crippen molar-refractivity contribution >= 4 is 17.2 Å². The fraction of sp³-hybridized carbons (Fsp3) is 0.462. The van der Waals surface area contributed by atoms with E-state index in [4.69, 9.17) is 10.9 Å². The molecule has 0 aromatic heterocycles. The number of fused-ring (bicyclic) bond motifs is 2. The quantitative estimate of drug-likeness (QED) is 0.287. The molecule has 20 heavy (non-hydrogen) atoms. The Bertz CT molecular complexity index is 587. The Hall–Kier alpha value is -2.31. The molecule has 2 fully saturated rings. The van der Waals surface area contributed by atoms with Gasteiger partial charge in [0.25, 0.3) is 5.69 Å². The summed E-state index contributed by atoms with van der Waals surface area (Å²) >= 11 is 0. The van der Waals surface area contributed by atoms with Gasteiger partial charge in [0.2, 0.25) is 0 Å². The molecule has 1 saturated carbocycles. The molecule has 3 N–H and O–H groups in total. The molecular formula is C13H16N4O3. The number of hydrogen-bond donors (Lipinski definition) is 2. The highest BCUT2D eigenvalue weighted by molar-refractivity contribution is 6.03. The molecule has 0 spiro atoms. The minimum atomic E-state index is -0.478. The van der Waals surface area contributed by atoms with Crippen molar-refractivity contribution in [1.29, 1.82) is 0 Å². The van der Waals surface area contributed by atoms with E-state index in [9.17, 15) is 10.1 Å². The summed E-state index contributed by atoms with van der Waals surface area (Å²) < 4.78 is 0. The highest BCUT2D eigenvalue weighted by Gasteiger charge is 2.39. The van der Waals surface area contributed by atoms with Crippen LogP contribution in [0.15, 0.2) is 23.4 Å². The Balaban J connectivity index is 2.03. The van der Waals surface area contributed by atoms with E-state index in [1.807, 2.05) is 0 Å². The smallest absolute Gasteiger partial charge is 0.270 e. The van der Waals surface area contributed by atoms with Gasteiger partial charge in [0.05, 0.1) is 10.5 Å². The summed E-state index contributed by atoms with van der Waals surface area (Å²) in [6.07, 6.45) is 3.54. The minimum Gasteiger partial charge on any atom is -0.409 e. The van der Waals surface area contributed by atoms with E-state index >= 15 is 0 Å². The van der Waals surface area contributed by atoms with Crippen molar-refractivity contribution < 1.29 is 10.1 Å². The van der Waals surface area contributed by atoms with Crippen LogP contribution in [0.25, 0.3) is 0 Å². The molecule has 1 aromatic carbocycles. The molecule has 7 nitrogen and oxygen atoms in total. The summed E-state index contributed by atoms with van der Waals surface area (Å²) in [5, 5.41) is 22.8. The number of hydrogen-bond acceptors (Lipinski definition) is 5. The van der Waals surface area contributed by atoms with Crippen LogP contribution in [-0.4, -0.2) is 28.6 Å². The number of rotatable bonds is 3. The summed E-state index contributed by atoms with van der Waals surface area (Å²) in [7, 11) is 0. The summed E-state index contributed by atoms with van der Waals surface area (Å²) in [6, 6.07) is 5.00. The molecule has 0 amide bonds. The average molecular weight is 276 g/mol. The van der Waals surface area contributed by atoms with E-state index in [0.29, 0.717) is 17.5 Å². The summed E-state index contributed by atoms with van der Waals surface area (Å²) in [5.74, 6) is 0.599. The number of nitrogens with zero attached hydrogens (tertiary/aromatic N) is 3. The van der Waals surface area contributed by atoms with Crippen LogP contribution in [0, 0.1) is 16.0 Å². The van der Waals surface area contributed by atoms with E-state index < -0.39 is 4.92 Å². The van der Waals surface area contributed by atoms with Crippen molar-refractivity contribution in [2.45, 2.75) is 25.3 Å². The molecule has 1 heterocycles. The van der Waals surface area contributed by atoms with E-state index in [1.165, 1.54) is 18.6 Å². The van der Waals surface area contributed by atoms with E-state index in [0.717, 1.165) is 25.1 Å². The fourth-order valence-electron chi connectivity index (χ4n) is 3.37. The van der Waals surface area contributed by atoms with E-state index in [1.54, 1.807) is 6.07 Å². The highest BCUT2D eigenvalue weighted by atomic mass is 16.6. The lowest BCUT2D eigenvalue weighted by molar-refractivity contribution is -0.384. The number of benzene rings is 1. The third kappa shape index (κ3) is 1.95. The van der Waals surface area contributed by atoms with Crippen LogP contribution >= 0.6 is 0 Å². The second-order valence-electron chi connectivity index (χ2n) is 5.43. The first-order valence-electron chi connectivity index (χ1n) is 6.63. The predicted octanol–water partition coefficient (Wildman–Crippen LogP) is 1.68. The third-order valence-electron chi connectivity index (χ3n) is 4.29. The van der Waals surface area contributed by atoms with Gasteiger partial charge in [0, 0.05) is 30.4 Å². The zero-order valence-electron chi connectivity index (χ0n) is 10.9. The number of non-ortho nitro benzene ring substituents is 1. The van der Waals surface area contributed by atoms with Gasteiger partial charge in [-0.1, -0.05) is 5.16 Å². The van der Waals surface area contributed by atoms with E-state index in [2.05, 4.69) is 10.1 Å². The Morgan fingerprint density at radius 2 is 2.30 bits per heavy atom. The van der Waals surface area contributed by atoms with Gasteiger partial charge >= 0.3 is 0 Å². The normalized spacial score (nSPS) is 25.2. The van der Waals surface area contributed by atoms with Crippen molar-refractivity contribution in [2.75, 3.05) is 11.4 Å². The Labute approximate surface area is 115 Å². The van der Waals surface area contributed by atoms with Gasteiger partial charge < -0.3 is 15.8 Å². The topological polar surface area (TPSA) is 105 Å². The molecule has 7 heteroatoms. The molecule has 1 aliphatic carbocycles. The van der Waals surface area contributed by atoms with Crippen LogP contribution in [0.1, 0.15) is 24.8 Å². The first-order chi connectivity index (χ1) is 9.60. The van der Waals surface area contributed by atoms with Crippen molar-refractivity contribution in [2.24, 2.45) is 16.8 Å². The summed E-state index contributed by atoms with van der Waals surface area (Å²) in [6.45, 7) is 0.939. The highest BCUT2D eigenvalue weighted by Crippen LogP contribution is 2.41. The largest absolute Gasteiger partial charge is 0.409 e. The van der Waals surface area contributed by atoms with E-state index in [-0.39, 0.29) is 11.5 Å². The first-order valence-corrected chi connectivity index (χ1v) is 6.63. The number of piperidine rings is 1. The van der Waals surface area contributed by atoms with Crippen LogP contribution < -0.4 is 10.6 Å². The maximum absolute atomic E-state index is 10.9. The molecule has 0 radical (unpaired) electrons. The molecule has 2 aliphatic rings. The molecular weight excluding hydrogens is 260 g/mol. The number of anilines is 1. The van der Waals surface area contributed by atoms with Crippen molar-refractivity contribution in [3.05, 3.63) is 33.9 Å².